The number of methoxy groups -OCH3 is 2. The van der Waals surface area contributed by atoms with Crippen LogP contribution in [0, 0.1) is 5.82 Å². The zero-order valence-electron chi connectivity index (χ0n) is 10.6. The molecule has 1 aliphatic rings. The van der Waals surface area contributed by atoms with Gasteiger partial charge in [-0.2, -0.15) is 0 Å². The van der Waals surface area contributed by atoms with Gasteiger partial charge < -0.3 is 14.8 Å². The number of rotatable bonds is 3. The van der Waals surface area contributed by atoms with Gasteiger partial charge in [0.05, 0.1) is 14.2 Å². The lowest BCUT2D eigenvalue weighted by molar-refractivity contribution is 0.349. The van der Waals surface area contributed by atoms with Crippen molar-refractivity contribution in [1.29, 1.82) is 0 Å². The van der Waals surface area contributed by atoms with Crippen molar-refractivity contribution in [3.8, 4) is 11.5 Å². The van der Waals surface area contributed by atoms with Gasteiger partial charge >= 0.3 is 0 Å². The first-order valence-corrected chi connectivity index (χ1v) is 6.37. The molecule has 1 heterocycles. The summed E-state index contributed by atoms with van der Waals surface area (Å²) in [6.45, 7) is 1.80. The highest BCUT2D eigenvalue weighted by atomic mass is 35.5. The first-order valence-electron chi connectivity index (χ1n) is 5.99. The maximum absolute atomic E-state index is 14.3. The maximum atomic E-state index is 14.3. The molecule has 1 aliphatic heterocycles. The van der Waals surface area contributed by atoms with Gasteiger partial charge in [-0.3, -0.25) is 0 Å². The second kappa shape index (κ2) is 5.76. The Morgan fingerprint density at radius 2 is 1.94 bits per heavy atom. The molecule has 0 aromatic heterocycles. The summed E-state index contributed by atoms with van der Waals surface area (Å²) in [6.07, 6.45) is 1.81. The molecular weight excluding hydrogens is 257 g/mol. The average molecular weight is 274 g/mol. The van der Waals surface area contributed by atoms with Crippen LogP contribution >= 0.6 is 11.6 Å². The minimum Gasteiger partial charge on any atom is -0.493 e. The lowest BCUT2D eigenvalue weighted by atomic mass is 9.89. The normalized spacial score (nSPS) is 16.7. The van der Waals surface area contributed by atoms with Crippen LogP contribution in [0.4, 0.5) is 4.39 Å². The Morgan fingerprint density at radius 1 is 1.28 bits per heavy atom. The fourth-order valence-corrected chi connectivity index (χ4v) is 2.66. The monoisotopic (exact) mass is 273 g/mol. The van der Waals surface area contributed by atoms with Gasteiger partial charge in [-0.15, -0.1) is 0 Å². The lowest BCUT2D eigenvalue weighted by Crippen LogP contribution is -2.27. The van der Waals surface area contributed by atoms with Crippen LogP contribution in [0.2, 0.25) is 5.02 Å². The molecule has 1 aromatic carbocycles. The van der Waals surface area contributed by atoms with E-state index in [0.29, 0.717) is 11.3 Å². The van der Waals surface area contributed by atoms with E-state index in [2.05, 4.69) is 5.32 Å². The molecule has 0 amide bonds. The van der Waals surface area contributed by atoms with E-state index >= 15 is 0 Å². The highest BCUT2D eigenvalue weighted by Gasteiger charge is 2.24. The van der Waals surface area contributed by atoms with Crippen LogP contribution < -0.4 is 14.8 Å². The van der Waals surface area contributed by atoms with Crippen molar-refractivity contribution in [1.82, 2.24) is 5.32 Å². The fourth-order valence-electron chi connectivity index (χ4n) is 2.38. The summed E-state index contributed by atoms with van der Waals surface area (Å²) < 4.78 is 24.6. The van der Waals surface area contributed by atoms with Gasteiger partial charge in [0, 0.05) is 0 Å². The molecular formula is C13H17ClFNO2. The summed E-state index contributed by atoms with van der Waals surface area (Å²) in [6, 6.07) is 1.70. The first kappa shape index (κ1) is 13.4. The summed E-state index contributed by atoms with van der Waals surface area (Å²) in [5, 5.41) is 3.26. The van der Waals surface area contributed by atoms with Gasteiger partial charge in [0.1, 0.15) is 10.8 Å². The number of piperidine rings is 1. The van der Waals surface area contributed by atoms with Gasteiger partial charge in [-0.25, -0.2) is 4.39 Å². The van der Waals surface area contributed by atoms with Gasteiger partial charge in [-0.05, 0) is 43.5 Å². The number of hydrogen-bond donors (Lipinski definition) is 1. The number of benzene rings is 1. The largest absolute Gasteiger partial charge is 0.493 e. The van der Waals surface area contributed by atoms with Crippen LogP contribution in [0.25, 0.3) is 0 Å². The number of ether oxygens (including phenoxy) is 2. The van der Waals surface area contributed by atoms with Crippen molar-refractivity contribution < 1.29 is 13.9 Å². The third kappa shape index (κ3) is 2.40. The highest BCUT2D eigenvalue weighted by Crippen LogP contribution is 2.42. The Labute approximate surface area is 111 Å². The van der Waals surface area contributed by atoms with E-state index in [1.165, 1.54) is 14.2 Å². The molecule has 1 N–H and O–H groups in total. The summed E-state index contributed by atoms with van der Waals surface area (Å²) in [7, 11) is 2.98. The molecule has 0 unspecified atom stereocenters. The number of hydrogen-bond acceptors (Lipinski definition) is 3. The smallest absolute Gasteiger partial charge is 0.182 e. The number of nitrogens with one attached hydrogen (secondary N) is 1. The van der Waals surface area contributed by atoms with E-state index in [4.69, 9.17) is 21.1 Å². The SMILES string of the molecule is COc1cc(C2CCNCC2)c(F)c(Cl)c1OC. The molecule has 1 fully saturated rings. The number of halogens is 2. The summed E-state index contributed by atoms with van der Waals surface area (Å²) in [5.41, 5.74) is 0.624. The molecule has 0 saturated carbocycles. The Hall–Kier alpha value is -1.00. The van der Waals surface area contributed by atoms with Gasteiger partial charge in [0.25, 0.3) is 0 Å². The average Bonchev–Trinajstić information content (AvgIpc) is 2.42. The molecule has 0 radical (unpaired) electrons. The predicted molar refractivity (Wildman–Crippen MR) is 69.4 cm³/mol. The molecule has 1 aromatic rings. The molecule has 2 rings (SSSR count). The van der Waals surface area contributed by atoms with E-state index < -0.39 is 0 Å². The van der Waals surface area contributed by atoms with E-state index in [9.17, 15) is 4.39 Å². The molecule has 1 saturated heterocycles. The summed E-state index contributed by atoms with van der Waals surface area (Å²) in [5.74, 6) is 0.538. The van der Waals surface area contributed by atoms with Crippen molar-refractivity contribution in [3.63, 3.8) is 0 Å². The topological polar surface area (TPSA) is 30.5 Å². The van der Waals surface area contributed by atoms with E-state index in [1.807, 2.05) is 0 Å². The minimum atomic E-state index is -0.388. The lowest BCUT2D eigenvalue weighted by Gasteiger charge is -2.24. The molecule has 0 atom stereocenters. The minimum absolute atomic E-state index is 0.00498. The summed E-state index contributed by atoms with van der Waals surface area (Å²) in [4.78, 5) is 0. The molecule has 0 bridgehead atoms. The Morgan fingerprint density at radius 3 is 2.50 bits per heavy atom. The molecule has 18 heavy (non-hydrogen) atoms. The quantitative estimate of drug-likeness (QED) is 0.918. The fraction of sp³-hybridized carbons (Fsp3) is 0.538. The molecule has 0 aliphatic carbocycles. The van der Waals surface area contributed by atoms with Crippen LogP contribution in [0.15, 0.2) is 6.07 Å². The Balaban J connectivity index is 2.44. The van der Waals surface area contributed by atoms with Crippen LogP contribution in [0.3, 0.4) is 0 Å². The van der Waals surface area contributed by atoms with E-state index in [1.54, 1.807) is 6.07 Å². The van der Waals surface area contributed by atoms with Crippen molar-refractivity contribution in [3.05, 3.63) is 22.5 Å². The van der Waals surface area contributed by atoms with Gasteiger partial charge in [-0.1, -0.05) is 11.6 Å². The van der Waals surface area contributed by atoms with Crippen LogP contribution in [-0.4, -0.2) is 27.3 Å². The van der Waals surface area contributed by atoms with Crippen molar-refractivity contribution in [2.24, 2.45) is 0 Å². The molecule has 5 heteroatoms. The van der Waals surface area contributed by atoms with Gasteiger partial charge in [0.15, 0.2) is 11.5 Å². The second-order valence-electron chi connectivity index (χ2n) is 4.35. The van der Waals surface area contributed by atoms with E-state index in [0.717, 1.165) is 25.9 Å². The maximum Gasteiger partial charge on any atom is 0.182 e. The van der Waals surface area contributed by atoms with Crippen LogP contribution in [0.1, 0.15) is 24.3 Å². The highest BCUT2D eigenvalue weighted by molar-refractivity contribution is 6.32. The van der Waals surface area contributed by atoms with E-state index in [-0.39, 0.29) is 22.5 Å². The third-order valence-corrected chi connectivity index (χ3v) is 3.70. The van der Waals surface area contributed by atoms with Crippen LogP contribution in [-0.2, 0) is 0 Å². The van der Waals surface area contributed by atoms with Crippen molar-refractivity contribution in [2.45, 2.75) is 18.8 Å². The standard InChI is InChI=1S/C13H17ClFNO2/c1-17-10-7-9(8-3-5-16-6-4-8)12(15)11(14)13(10)18-2/h7-8,16H,3-6H2,1-2H3. The Bertz CT molecular complexity index is 433. The van der Waals surface area contributed by atoms with Crippen molar-refractivity contribution in [2.75, 3.05) is 27.3 Å². The molecule has 3 nitrogen and oxygen atoms in total. The molecule has 100 valence electrons. The first-order chi connectivity index (χ1) is 8.69. The molecule has 0 spiro atoms. The van der Waals surface area contributed by atoms with Crippen LogP contribution in [0.5, 0.6) is 11.5 Å². The second-order valence-corrected chi connectivity index (χ2v) is 4.73. The van der Waals surface area contributed by atoms with Crippen molar-refractivity contribution >= 4 is 11.6 Å². The zero-order valence-corrected chi connectivity index (χ0v) is 11.3. The zero-order chi connectivity index (χ0) is 13.1. The van der Waals surface area contributed by atoms with Gasteiger partial charge in [0.2, 0.25) is 0 Å². The third-order valence-electron chi connectivity index (χ3n) is 3.36. The Kier molecular flexibility index (Phi) is 4.30. The summed E-state index contributed by atoms with van der Waals surface area (Å²) >= 11 is 6.01. The predicted octanol–water partition coefficient (Wildman–Crippen LogP) is 2.96.